The first kappa shape index (κ1) is 11.9. The predicted molar refractivity (Wildman–Crippen MR) is 76.0 cm³/mol. The van der Waals surface area contributed by atoms with Crippen molar-refractivity contribution < 1.29 is 9.90 Å². The van der Waals surface area contributed by atoms with Gasteiger partial charge in [-0.1, -0.05) is 36.4 Å². The third kappa shape index (κ3) is 2.02. The number of hydrogen-bond donors (Lipinski definition) is 2. The molecule has 2 N–H and O–H groups in total. The molecule has 0 unspecified atom stereocenters. The first-order chi connectivity index (χ1) is 9.31. The van der Waals surface area contributed by atoms with Gasteiger partial charge in [-0.15, -0.1) is 0 Å². The number of benzene rings is 2. The van der Waals surface area contributed by atoms with Crippen LogP contribution in [-0.4, -0.2) is 24.0 Å². The fraction of sp³-hybridized carbons (Fsp3) is 0.188. The SMILES string of the molecule is O=C1C=C(NCCCO)c2cccc3cccc1c23. The molecule has 0 fully saturated rings. The Hall–Kier alpha value is -2.13. The van der Waals surface area contributed by atoms with Crippen LogP contribution >= 0.6 is 0 Å². The summed E-state index contributed by atoms with van der Waals surface area (Å²) in [4.78, 5) is 12.1. The van der Waals surface area contributed by atoms with Crippen LogP contribution in [0.2, 0.25) is 0 Å². The monoisotopic (exact) mass is 253 g/mol. The number of hydrogen-bond acceptors (Lipinski definition) is 3. The average molecular weight is 253 g/mol. The number of allylic oxidation sites excluding steroid dienone is 1. The Kier molecular flexibility index (Phi) is 3.05. The Bertz CT molecular complexity index is 668. The van der Waals surface area contributed by atoms with Gasteiger partial charge in [0.2, 0.25) is 0 Å². The molecule has 3 nitrogen and oxygen atoms in total. The molecule has 3 rings (SSSR count). The Morgan fingerprint density at radius 2 is 1.79 bits per heavy atom. The summed E-state index contributed by atoms with van der Waals surface area (Å²) in [6, 6.07) is 11.8. The van der Waals surface area contributed by atoms with Crippen LogP contribution in [0.25, 0.3) is 16.5 Å². The molecule has 0 radical (unpaired) electrons. The van der Waals surface area contributed by atoms with Crippen LogP contribution in [0.4, 0.5) is 0 Å². The highest BCUT2D eigenvalue weighted by Crippen LogP contribution is 2.31. The maximum absolute atomic E-state index is 12.1. The smallest absolute Gasteiger partial charge is 0.188 e. The van der Waals surface area contributed by atoms with E-state index in [4.69, 9.17) is 5.11 Å². The van der Waals surface area contributed by atoms with Crippen LogP contribution in [0.15, 0.2) is 42.5 Å². The lowest BCUT2D eigenvalue weighted by Gasteiger charge is -2.19. The molecule has 0 atom stereocenters. The quantitative estimate of drug-likeness (QED) is 0.822. The maximum Gasteiger partial charge on any atom is 0.188 e. The van der Waals surface area contributed by atoms with E-state index in [9.17, 15) is 4.79 Å². The van der Waals surface area contributed by atoms with Gasteiger partial charge in [-0.25, -0.2) is 0 Å². The number of carbonyl (C=O) groups excluding carboxylic acids is 1. The van der Waals surface area contributed by atoms with Gasteiger partial charge in [0.1, 0.15) is 0 Å². The predicted octanol–water partition coefficient (Wildman–Crippen LogP) is 2.35. The number of aliphatic hydroxyl groups is 1. The molecule has 1 aliphatic carbocycles. The van der Waals surface area contributed by atoms with Crippen LogP contribution in [0.5, 0.6) is 0 Å². The summed E-state index contributed by atoms with van der Waals surface area (Å²) in [6.45, 7) is 0.809. The molecule has 19 heavy (non-hydrogen) atoms. The normalized spacial score (nSPS) is 13.5. The maximum atomic E-state index is 12.1. The standard InChI is InChI=1S/C16H15NO2/c18-9-3-8-17-14-10-15(19)13-7-2-5-11-4-1-6-12(14)16(11)13/h1-2,4-7,10,17-18H,3,8-9H2. The Morgan fingerprint density at radius 1 is 1.05 bits per heavy atom. The van der Waals surface area contributed by atoms with Gasteiger partial charge < -0.3 is 10.4 Å². The van der Waals surface area contributed by atoms with Crippen LogP contribution in [0.1, 0.15) is 22.3 Å². The summed E-state index contributed by atoms with van der Waals surface area (Å²) >= 11 is 0. The Morgan fingerprint density at radius 3 is 2.53 bits per heavy atom. The second-order valence-electron chi connectivity index (χ2n) is 4.64. The van der Waals surface area contributed by atoms with Gasteiger partial charge in [0.25, 0.3) is 0 Å². The fourth-order valence-corrected chi connectivity index (χ4v) is 2.51. The number of ketones is 1. The van der Waals surface area contributed by atoms with Gasteiger partial charge in [-0.05, 0) is 11.8 Å². The molecule has 2 aromatic rings. The molecule has 2 aromatic carbocycles. The van der Waals surface area contributed by atoms with Crippen molar-refractivity contribution in [1.82, 2.24) is 5.32 Å². The van der Waals surface area contributed by atoms with Crippen molar-refractivity contribution in [2.75, 3.05) is 13.2 Å². The summed E-state index contributed by atoms with van der Waals surface area (Å²) in [5.74, 6) is 0.0378. The van der Waals surface area contributed by atoms with Gasteiger partial charge in [0.05, 0.1) is 0 Å². The Labute approximate surface area is 111 Å². The van der Waals surface area contributed by atoms with Crippen LogP contribution in [-0.2, 0) is 0 Å². The van der Waals surface area contributed by atoms with Crippen molar-refractivity contribution in [2.24, 2.45) is 0 Å². The van der Waals surface area contributed by atoms with Crippen LogP contribution in [0, 0.1) is 0 Å². The molecule has 0 spiro atoms. The molecule has 0 bridgehead atoms. The molecule has 0 aromatic heterocycles. The molecule has 0 heterocycles. The first-order valence-corrected chi connectivity index (χ1v) is 6.44. The van der Waals surface area contributed by atoms with E-state index in [0.29, 0.717) is 13.0 Å². The van der Waals surface area contributed by atoms with E-state index in [1.54, 1.807) is 6.08 Å². The number of carbonyl (C=O) groups is 1. The van der Waals surface area contributed by atoms with Crippen molar-refractivity contribution >= 4 is 22.3 Å². The molecular weight excluding hydrogens is 238 g/mol. The van der Waals surface area contributed by atoms with Crippen molar-refractivity contribution in [1.29, 1.82) is 0 Å². The second kappa shape index (κ2) is 4.86. The van der Waals surface area contributed by atoms with E-state index in [1.807, 2.05) is 36.4 Å². The minimum absolute atomic E-state index is 0.0378. The highest BCUT2D eigenvalue weighted by molar-refractivity contribution is 6.21. The molecule has 0 saturated heterocycles. The summed E-state index contributed by atoms with van der Waals surface area (Å²) in [5, 5.41) is 14.2. The molecule has 3 heteroatoms. The third-order valence-electron chi connectivity index (χ3n) is 3.39. The lowest BCUT2D eigenvalue weighted by atomic mass is 9.90. The fourth-order valence-electron chi connectivity index (χ4n) is 2.51. The lowest BCUT2D eigenvalue weighted by molar-refractivity contribution is 0.104. The van der Waals surface area contributed by atoms with Gasteiger partial charge in [-0.3, -0.25) is 4.79 Å². The highest BCUT2D eigenvalue weighted by Gasteiger charge is 2.19. The van der Waals surface area contributed by atoms with E-state index >= 15 is 0 Å². The van der Waals surface area contributed by atoms with E-state index in [-0.39, 0.29) is 12.4 Å². The molecular formula is C16H15NO2. The van der Waals surface area contributed by atoms with Crippen molar-refractivity contribution in [2.45, 2.75) is 6.42 Å². The summed E-state index contributed by atoms with van der Waals surface area (Å²) in [6.07, 6.45) is 2.32. The zero-order chi connectivity index (χ0) is 13.2. The minimum Gasteiger partial charge on any atom is -0.396 e. The average Bonchev–Trinajstić information content (AvgIpc) is 2.44. The van der Waals surface area contributed by atoms with E-state index < -0.39 is 0 Å². The van der Waals surface area contributed by atoms with Gasteiger partial charge in [-0.2, -0.15) is 0 Å². The van der Waals surface area contributed by atoms with Crippen molar-refractivity contribution in [3.8, 4) is 0 Å². The van der Waals surface area contributed by atoms with Crippen LogP contribution in [0.3, 0.4) is 0 Å². The second-order valence-corrected chi connectivity index (χ2v) is 4.64. The van der Waals surface area contributed by atoms with Gasteiger partial charge >= 0.3 is 0 Å². The minimum atomic E-state index is 0.0378. The molecule has 96 valence electrons. The summed E-state index contributed by atoms with van der Waals surface area (Å²) in [5.41, 5.74) is 2.68. The summed E-state index contributed by atoms with van der Waals surface area (Å²) < 4.78 is 0. The highest BCUT2D eigenvalue weighted by atomic mass is 16.3. The summed E-state index contributed by atoms with van der Waals surface area (Å²) in [7, 11) is 0. The van der Waals surface area contributed by atoms with Gasteiger partial charge in [0.15, 0.2) is 5.78 Å². The molecule has 1 aliphatic rings. The zero-order valence-corrected chi connectivity index (χ0v) is 10.5. The number of nitrogens with one attached hydrogen (secondary N) is 1. The molecule has 0 amide bonds. The topological polar surface area (TPSA) is 49.3 Å². The van der Waals surface area contributed by atoms with Gasteiger partial charge in [0, 0.05) is 41.4 Å². The third-order valence-corrected chi connectivity index (χ3v) is 3.39. The van der Waals surface area contributed by atoms with Crippen LogP contribution < -0.4 is 5.32 Å². The van der Waals surface area contributed by atoms with E-state index in [0.717, 1.165) is 27.6 Å². The molecule has 0 aliphatic heterocycles. The first-order valence-electron chi connectivity index (χ1n) is 6.44. The number of rotatable bonds is 4. The number of aliphatic hydroxyl groups excluding tert-OH is 1. The van der Waals surface area contributed by atoms with E-state index in [1.165, 1.54) is 0 Å². The Balaban J connectivity index is 2.09. The molecule has 0 saturated carbocycles. The largest absolute Gasteiger partial charge is 0.396 e. The van der Waals surface area contributed by atoms with Crippen molar-refractivity contribution in [3.63, 3.8) is 0 Å². The lowest BCUT2D eigenvalue weighted by Crippen LogP contribution is -2.19. The van der Waals surface area contributed by atoms with Crippen molar-refractivity contribution in [3.05, 3.63) is 53.6 Å². The zero-order valence-electron chi connectivity index (χ0n) is 10.5. The van der Waals surface area contributed by atoms with E-state index in [2.05, 4.69) is 5.32 Å².